The normalized spacial score (nSPS) is 24.3. The highest BCUT2D eigenvalue weighted by atomic mass is 16.7. The molecule has 4 rings (SSSR count). The van der Waals surface area contributed by atoms with Crippen molar-refractivity contribution in [1.82, 2.24) is 0 Å². The van der Waals surface area contributed by atoms with Crippen molar-refractivity contribution in [1.29, 1.82) is 0 Å². The van der Waals surface area contributed by atoms with E-state index in [9.17, 15) is 0 Å². The summed E-state index contributed by atoms with van der Waals surface area (Å²) in [5.74, 6) is 1.98. The van der Waals surface area contributed by atoms with E-state index in [1.165, 1.54) is 0 Å². The highest BCUT2D eigenvalue weighted by molar-refractivity contribution is 5.56. The standard InChI is InChI=1S/C20H18O3/c1-2-5-17(6-3-1)22-18-9-7-16(8-10-18)15-19-11-13-20(23-19)12-4-14-21-20/h1-3,5-11,13,15H,4,12,14H2/b19-15-. The van der Waals surface area contributed by atoms with Crippen molar-refractivity contribution in [3.05, 3.63) is 78.1 Å². The smallest absolute Gasteiger partial charge is 0.230 e. The molecule has 0 N–H and O–H groups in total. The van der Waals surface area contributed by atoms with Gasteiger partial charge in [0.15, 0.2) is 0 Å². The zero-order valence-electron chi connectivity index (χ0n) is 12.8. The van der Waals surface area contributed by atoms with Gasteiger partial charge in [-0.05, 0) is 54.5 Å². The third kappa shape index (κ3) is 3.15. The summed E-state index contributed by atoms with van der Waals surface area (Å²) < 4.78 is 17.4. The topological polar surface area (TPSA) is 27.7 Å². The molecule has 1 fully saturated rings. The van der Waals surface area contributed by atoms with Gasteiger partial charge in [0.1, 0.15) is 17.3 Å². The zero-order valence-corrected chi connectivity index (χ0v) is 12.8. The maximum absolute atomic E-state index is 5.94. The fourth-order valence-electron chi connectivity index (χ4n) is 2.82. The molecule has 1 unspecified atom stereocenters. The fraction of sp³-hybridized carbons (Fsp3) is 0.200. The Balaban J connectivity index is 1.45. The van der Waals surface area contributed by atoms with Crippen LogP contribution >= 0.6 is 0 Å². The van der Waals surface area contributed by atoms with Crippen LogP contribution in [0.25, 0.3) is 6.08 Å². The summed E-state index contributed by atoms with van der Waals surface area (Å²) in [4.78, 5) is 0. The summed E-state index contributed by atoms with van der Waals surface area (Å²) in [5.41, 5.74) is 1.07. The first-order valence-corrected chi connectivity index (χ1v) is 7.88. The molecule has 2 aliphatic heterocycles. The zero-order chi connectivity index (χ0) is 15.5. The van der Waals surface area contributed by atoms with Crippen LogP contribution in [0.3, 0.4) is 0 Å². The molecular weight excluding hydrogens is 288 g/mol. The highest BCUT2D eigenvalue weighted by Crippen LogP contribution is 2.36. The summed E-state index contributed by atoms with van der Waals surface area (Å²) in [6.07, 6.45) is 7.98. The molecule has 0 aromatic heterocycles. The van der Waals surface area contributed by atoms with E-state index in [0.29, 0.717) is 0 Å². The van der Waals surface area contributed by atoms with E-state index in [-0.39, 0.29) is 0 Å². The molecule has 2 aliphatic rings. The van der Waals surface area contributed by atoms with Crippen molar-refractivity contribution in [2.45, 2.75) is 18.6 Å². The van der Waals surface area contributed by atoms with Gasteiger partial charge in [-0.3, -0.25) is 0 Å². The van der Waals surface area contributed by atoms with Crippen molar-refractivity contribution in [2.75, 3.05) is 6.61 Å². The van der Waals surface area contributed by atoms with Gasteiger partial charge in [0.25, 0.3) is 0 Å². The van der Waals surface area contributed by atoms with Crippen molar-refractivity contribution in [3.8, 4) is 11.5 Å². The van der Waals surface area contributed by atoms with Gasteiger partial charge in [0.05, 0.1) is 6.61 Å². The van der Waals surface area contributed by atoms with Crippen LogP contribution in [-0.2, 0) is 9.47 Å². The Hall–Kier alpha value is -2.52. The third-order valence-electron chi connectivity index (χ3n) is 3.98. The van der Waals surface area contributed by atoms with Crippen molar-refractivity contribution >= 4 is 6.08 Å². The first-order chi connectivity index (χ1) is 11.3. The van der Waals surface area contributed by atoms with Crippen molar-refractivity contribution in [3.63, 3.8) is 0 Å². The lowest BCUT2D eigenvalue weighted by Gasteiger charge is -2.20. The fourth-order valence-corrected chi connectivity index (χ4v) is 2.82. The molecule has 2 aromatic carbocycles. The van der Waals surface area contributed by atoms with Crippen LogP contribution in [0, 0.1) is 0 Å². The number of hydrogen-bond donors (Lipinski definition) is 0. The lowest BCUT2D eigenvalue weighted by Crippen LogP contribution is -2.24. The van der Waals surface area contributed by atoms with E-state index in [0.717, 1.165) is 42.3 Å². The van der Waals surface area contributed by atoms with Crippen LogP contribution in [0.4, 0.5) is 0 Å². The van der Waals surface area contributed by atoms with Gasteiger partial charge in [-0.15, -0.1) is 0 Å². The Morgan fingerprint density at radius 3 is 2.48 bits per heavy atom. The van der Waals surface area contributed by atoms with Gasteiger partial charge in [0.2, 0.25) is 5.79 Å². The van der Waals surface area contributed by atoms with Gasteiger partial charge < -0.3 is 14.2 Å². The molecule has 0 saturated carbocycles. The molecule has 2 heterocycles. The predicted octanol–water partition coefficient (Wildman–Crippen LogP) is 4.91. The molecule has 3 heteroatoms. The van der Waals surface area contributed by atoms with Gasteiger partial charge in [-0.1, -0.05) is 30.3 Å². The number of allylic oxidation sites excluding steroid dienone is 1. The summed E-state index contributed by atoms with van der Waals surface area (Å²) >= 11 is 0. The van der Waals surface area contributed by atoms with Crippen LogP contribution in [0.15, 0.2) is 72.5 Å². The van der Waals surface area contributed by atoms with E-state index >= 15 is 0 Å². The van der Waals surface area contributed by atoms with Crippen LogP contribution in [-0.4, -0.2) is 12.4 Å². The van der Waals surface area contributed by atoms with Gasteiger partial charge in [-0.25, -0.2) is 0 Å². The van der Waals surface area contributed by atoms with E-state index in [4.69, 9.17) is 14.2 Å². The monoisotopic (exact) mass is 306 g/mol. The summed E-state index contributed by atoms with van der Waals surface area (Å²) in [7, 11) is 0. The molecule has 1 saturated heterocycles. The Morgan fingerprint density at radius 1 is 0.957 bits per heavy atom. The van der Waals surface area contributed by atoms with Crippen LogP contribution < -0.4 is 4.74 Å². The largest absolute Gasteiger partial charge is 0.459 e. The molecular formula is C20H18O3. The lowest BCUT2D eigenvalue weighted by atomic mass is 10.2. The van der Waals surface area contributed by atoms with Crippen LogP contribution in [0.5, 0.6) is 11.5 Å². The summed E-state index contributed by atoms with van der Waals surface area (Å²) in [5, 5.41) is 0. The second-order valence-corrected chi connectivity index (χ2v) is 5.73. The second-order valence-electron chi connectivity index (χ2n) is 5.73. The molecule has 0 bridgehead atoms. The van der Waals surface area contributed by atoms with E-state index in [1.54, 1.807) is 0 Å². The Kier molecular flexibility index (Phi) is 3.64. The third-order valence-corrected chi connectivity index (χ3v) is 3.98. The van der Waals surface area contributed by atoms with Gasteiger partial charge >= 0.3 is 0 Å². The SMILES string of the molecule is C1=CC2(CCCO2)O/C1=C\c1ccc(Oc2ccccc2)cc1. The van der Waals surface area contributed by atoms with E-state index in [2.05, 4.69) is 0 Å². The summed E-state index contributed by atoms with van der Waals surface area (Å²) in [6.45, 7) is 0.767. The molecule has 1 spiro atoms. The summed E-state index contributed by atoms with van der Waals surface area (Å²) in [6, 6.07) is 17.7. The average Bonchev–Trinajstić information content (AvgIpc) is 3.21. The number of para-hydroxylation sites is 1. The average molecular weight is 306 g/mol. The molecule has 116 valence electrons. The van der Waals surface area contributed by atoms with Crippen molar-refractivity contribution < 1.29 is 14.2 Å². The molecule has 2 aromatic rings. The van der Waals surface area contributed by atoms with E-state index in [1.807, 2.05) is 72.8 Å². The maximum atomic E-state index is 5.94. The molecule has 1 atom stereocenters. The lowest BCUT2D eigenvalue weighted by molar-refractivity contribution is -0.135. The van der Waals surface area contributed by atoms with Gasteiger partial charge in [-0.2, -0.15) is 0 Å². The quantitative estimate of drug-likeness (QED) is 0.806. The molecule has 3 nitrogen and oxygen atoms in total. The first kappa shape index (κ1) is 14.1. The minimum absolute atomic E-state index is 0.512. The molecule has 0 amide bonds. The predicted molar refractivity (Wildman–Crippen MR) is 89.1 cm³/mol. The van der Waals surface area contributed by atoms with Crippen LogP contribution in [0.1, 0.15) is 18.4 Å². The van der Waals surface area contributed by atoms with Gasteiger partial charge in [0, 0.05) is 6.42 Å². The number of hydrogen-bond acceptors (Lipinski definition) is 3. The first-order valence-electron chi connectivity index (χ1n) is 7.88. The molecule has 0 radical (unpaired) electrons. The highest BCUT2D eigenvalue weighted by Gasteiger charge is 2.38. The molecule has 23 heavy (non-hydrogen) atoms. The number of rotatable bonds is 3. The Bertz CT molecular complexity index is 723. The minimum atomic E-state index is -0.512. The van der Waals surface area contributed by atoms with Crippen molar-refractivity contribution in [2.24, 2.45) is 0 Å². The number of benzene rings is 2. The Labute approximate surface area is 135 Å². The van der Waals surface area contributed by atoms with Crippen LogP contribution in [0.2, 0.25) is 0 Å². The van der Waals surface area contributed by atoms with E-state index < -0.39 is 5.79 Å². The Morgan fingerprint density at radius 2 is 1.74 bits per heavy atom. The second kappa shape index (κ2) is 5.94. The maximum Gasteiger partial charge on any atom is 0.230 e. The number of ether oxygens (including phenoxy) is 3. The minimum Gasteiger partial charge on any atom is -0.459 e. The molecule has 0 aliphatic carbocycles.